The van der Waals surface area contributed by atoms with Gasteiger partial charge in [0.05, 0.1) is 6.10 Å². The molecule has 82 valence electrons. The van der Waals surface area contributed by atoms with E-state index in [0.717, 1.165) is 25.9 Å². The number of aromatic nitrogens is 1. The standard InChI is InChI=1S/C10H13NO4/c12-10(13)9-6-8(15-11-9)5-7-3-1-2-4-14-7/h6-7H,1-5H2,(H,12,13). The molecule has 1 aliphatic heterocycles. The lowest BCUT2D eigenvalue weighted by Crippen LogP contribution is -2.21. The Morgan fingerprint density at radius 1 is 1.60 bits per heavy atom. The highest BCUT2D eigenvalue weighted by Crippen LogP contribution is 2.17. The van der Waals surface area contributed by atoms with Crippen LogP contribution in [0.3, 0.4) is 0 Å². The van der Waals surface area contributed by atoms with E-state index in [4.69, 9.17) is 14.4 Å². The Labute approximate surface area is 87.0 Å². The Hall–Kier alpha value is -1.36. The van der Waals surface area contributed by atoms with Crippen molar-refractivity contribution in [3.05, 3.63) is 17.5 Å². The Kier molecular flexibility index (Phi) is 3.01. The van der Waals surface area contributed by atoms with E-state index in [9.17, 15) is 4.79 Å². The summed E-state index contributed by atoms with van der Waals surface area (Å²) in [5, 5.41) is 12.1. The van der Waals surface area contributed by atoms with E-state index >= 15 is 0 Å². The fourth-order valence-corrected chi connectivity index (χ4v) is 1.70. The number of nitrogens with zero attached hydrogens (tertiary/aromatic N) is 1. The molecular formula is C10H13NO4. The summed E-state index contributed by atoms with van der Waals surface area (Å²) in [5.41, 5.74) is -0.0409. The highest BCUT2D eigenvalue weighted by molar-refractivity contribution is 5.85. The predicted octanol–water partition coefficient (Wildman–Crippen LogP) is 1.48. The van der Waals surface area contributed by atoms with Gasteiger partial charge >= 0.3 is 5.97 Å². The Balaban J connectivity index is 1.94. The summed E-state index contributed by atoms with van der Waals surface area (Å²) in [4.78, 5) is 10.6. The number of aromatic carboxylic acids is 1. The van der Waals surface area contributed by atoms with Crippen molar-refractivity contribution in [3.8, 4) is 0 Å². The molecule has 0 bridgehead atoms. The zero-order valence-corrected chi connectivity index (χ0v) is 8.31. The van der Waals surface area contributed by atoms with Crippen molar-refractivity contribution in [2.45, 2.75) is 31.8 Å². The van der Waals surface area contributed by atoms with Gasteiger partial charge in [-0.1, -0.05) is 5.16 Å². The largest absolute Gasteiger partial charge is 0.476 e. The van der Waals surface area contributed by atoms with Gasteiger partial charge in [-0.25, -0.2) is 4.79 Å². The molecule has 0 radical (unpaired) electrons. The second kappa shape index (κ2) is 4.44. The zero-order valence-electron chi connectivity index (χ0n) is 8.31. The van der Waals surface area contributed by atoms with Crippen LogP contribution in [0, 0.1) is 0 Å². The molecular weight excluding hydrogens is 198 g/mol. The van der Waals surface area contributed by atoms with Crippen LogP contribution in [0.5, 0.6) is 0 Å². The fourth-order valence-electron chi connectivity index (χ4n) is 1.70. The summed E-state index contributed by atoms with van der Waals surface area (Å²) in [6.07, 6.45) is 4.02. The van der Waals surface area contributed by atoms with Gasteiger partial charge in [0.2, 0.25) is 0 Å². The number of ether oxygens (including phenoxy) is 1. The summed E-state index contributed by atoms with van der Waals surface area (Å²) in [7, 11) is 0. The Morgan fingerprint density at radius 3 is 3.07 bits per heavy atom. The number of rotatable bonds is 3. The smallest absolute Gasteiger partial charge is 0.358 e. The van der Waals surface area contributed by atoms with Crippen molar-refractivity contribution >= 4 is 5.97 Å². The summed E-state index contributed by atoms with van der Waals surface area (Å²) < 4.78 is 10.4. The molecule has 5 nitrogen and oxygen atoms in total. The molecule has 2 rings (SSSR count). The van der Waals surface area contributed by atoms with Crippen molar-refractivity contribution in [1.82, 2.24) is 5.16 Å². The highest BCUT2D eigenvalue weighted by Gasteiger charge is 2.18. The summed E-state index contributed by atoms with van der Waals surface area (Å²) in [5.74, 6) is -0.478. The van der Waals surface area contributed by atoms with Crippen molar-refractivity contribution in [2.24, 2.45) is 0 Å². The number of hydrogen-bond acceptors (Lipinski definition) is 4. The first-order valence-electron chi connectivity index (χ1n) is 5.06. The molecule has 0 saturated carbocycles. The van der Waals surface area contributed by atoms with Crippen LogP contribution in [-0.4, -0.2) is 28.9 Å². The first-order chi connectivity index (χ1) is 7.25. The maximum Gasteiger partial charge on any atom is 0.358 e. The molecule has 0 spiro atoms. The lowest BCUT2D eigenvalue weighted by atomic mass is 10.1. The van der Waals surface area contributed by atoms with Gasteiger partial charge in [0.1, 0.15) is 5.76 Å². The van der Waals surface area contributed by atoms with Gasteiger partial charge in [0.15, 0.2) is 5.69 Å². The van der Waals surface area contributed by atoms with E-state index in [1.807, 2.05) is 0 Å². The van der Waals surface area contributed by atoms with Crippen LogP contribution in [0.15, 0.2) is 10.6 Å². The quantitative estimate of drug-likeness (QED) is 0.819. The number of carbonyl (C=O) groups is 1. The second-order valence-electron chi connectivity index (χ2n) is 3.68. The molecule has 5 heteroatoms. The molecule has 1 atom stereocenters. The fraction of sp³-hybridized carbons (Fsp3) is 0.600. The SMILES string of the molecule is O=C(O)c1cc(CC2CCCCO2)on1. The molecule has 1 aliphatic rings. The number of carboxylic acid groups (broad SMARTS) is 1. The van der Waals surface area contributed by atoms with Gasteiger partial charge < -0.3 is 14.4 Å². The molecule has 1 aromatic heterocycles. The normalized spacial score (nSPS) is 21.5. The van der Waals surface area contributed by atoms with Crippen LogP contribution < -0.4 is 0 Å². The molecule has 1 unspecified atom stereocenters. The monoisotopic (exact) mass is 211 g/mol. The molecule has 15 heavy (non-hydrogen) atoms. The molecule has 0 amide bonds. The van der Waals surface area contributed by atoms with E-state index in [2.05, 4.69) is 5.16 Å². The van der Waals surface area contributed by atoms with Gasteiger partial charge in [-0.05, 0) is 19.3 Å². The lowest BCUT2D eigenvalue weighted by molar-refractivity contribution is 0.0132. The summed E-state index contributed by atoms with van der Waals surface area (Å²) in [6, 6.07) is 1.46. The van der Waals surface area contributed by atoms with Gasteiger partial charge in [0.25, 0.3) is 0 Å². The van der Waals surface area contributed by atoms with Crippen molar-refractivity contribution in [3.63, 3.8) is 0 Å². The second-order valence-corrected chi connectivity index (χ2v) is 3.68. The number of carboxylic acids is 1. The van der Waals surface area contributed by atoms with Crippen LogP contribution in [-0.2, 0) is 11.2 Å². The van der Waals surface area contributed by atoms with Gasteiger partial charge in [-0.2, -0.15) is 0 Å². The maximum atomic E-state index is 10.6. The van der Waals surface area contributed by atoms with Gasteiger partial charge in [-0.3, -0.25) is 0 Å². The average Bonchev–Trinajstić information content (AvgIpc) is 2.68. The van der Waals surface area contributed by atoms with Crippen molar-refractivity contribution < 1.29 is 19.2 Å². The number of hydrogen-bond donors (Lipinski definition) is 1. The third-order valence-corrected chi connectivity index (χ3v) is 2.48. The highest BCUT2D eigenvalue weighted by atomic mass is 16.5. The molecule has 1 fully saturated rings. The van der Waals surface area contributed by atoms with Crippen LogP contribution >= 0.6 is 0 Å². The van der Waals surface area contributed by atoms with Crippen molar-refractivity contribution in [1.29, 1.82) is 0 Å². The van der Waals surface area contributed by atoms with E-state index in [1.54, 1.807) is 0 Å². The van der Waals surface area contributed by atoms with Gasteiger partial charge in [-0.15, -0.1) is 0 Å². The summed E-state index contributed by atoms with van der Waals surface area (Å²) >= 11 is 0. The van der Waals surface area contributed by atoms with E-state index < -0.39 is 5.97 Å². The van der Waals surface area contributed by atoms with Crippen molar-refractivity contribution in [2.75, 3.05) is 6.61 Å². The van der Waals surface area contributed by atoms with E-state index in [-0.39, 0.29) is 11.8 Å². The topological polar surface area (TPSA) is 72.6 Å². The third-order valence-electron chi connectivity index (χ3n) is 2.48. The molecule has 1 aromatic rings. The first kappa shape index (κ1) is 10.2. The van der Waals surface area contributed by atoms with Crippen LogP contribution in [0.2, 0.25) is 0 Å². The minimum absolute atomic E-state index is 0.0409. The molecule has 1 saturated heterocycles. The minimum atomic E-state index is -1.06. The average molecular weight is 211 g/mol. The molecule has 0 aliphatic carbocycles. The lowest BCUT2D eigenvalue weighted by Gasteiger charge is -2.21. The molecule has 0 aromatic carbocycles. The molecule has 2 heterocycles. The third kappa shape index (κ3) is 2.56. The zero-order chi connectivity index (χ0) is 10.7. The predicted molar refractivity (Wildman–Crippen MR) is 50.8 cm³/mol. The minimum Gasteiger partial charge on any atom is -0.476 e. The van der Waals surface area contributed by atoms with Crippen LogP contribution in [0.25, 0.3) is 0 Å². The van der Waals surface area contributed by atoms with E-state index in [0.29, 0.717) is 12.2 Å². The Morgan fingerprint density at radius 2 is 2.47 bits per heavy atom. The van der Waals surface area contributed by atoms with Crippen LogP contribution in [0.1, 0.15) is 35.5 Å². The first-order valence-corrected chi connectivity index (χ1v) is 5.06. The van der Waals surface area contributed by atoms with Gasteiger partial charge in [0, 0.05) is 19.1 Å². The van der Waals surface area contributed by atoms with Crippen LogP contribution in [0.4, 0.5) is 0 Å². The Bertz CT molecular complexity index is 341. The molecule has 1 N–H and O–H groups in total. The van der Waals surface area contributed by atoms with E-state index in [1.165, 1.54) is 6.07 Å². The maximum absolute atomic E-state index is 10.6. The summed E-state index contributed by atoms with van der Waals surface area (Å²) in [6.45, 7) is 0.782.